The first kappa shape index (κ1) is 15.2. The minimum absolute atomic E-state index is 0.0279. The number of methoxy groups -OCH3 is 1. The van der Waals surface area contributed by atoms with E-state index >= 15 is 0 Å². The number of amides is 1. The molecule has 1 amide bonds. The summed E-state index contributed by atoms with van der Waals surface area (Å²) in [6.45, 7) is 1.15. The van der Waals surface area contributed by atoms with E-state index in [9.17, 15) is 9.59 Å². The molecule has 0 unspecified atom stereocenters. The van der Waals surface area contributed by atoms with Crippen molar-refractivity contribution in [2.75, 3.05) is 20.3 Å². The lowest BCUT2D eigenvalue weighted by Gasteiger charge is -2.10. The summed E-state index contributed by atoms with van der Waals surface area (Å²) in [6.07, 6.45) is 0.278. The van der Waals surface area contributed by atoms with Crippen LogP contribution in [-0.2, 0) is 16.1 Å². The monoisotopic (exact) mass is 270 g/mol. The number of carbonyl (C=O) groups excluding carboxylic acids is 1. The Morgan fingerprint density at radius 2 is 2.26 bits per heavy atom. The fraction of sp³-hybridized carbons (Fsp3) is 0.500. The van der Waals surface area contributed by atoms with Crippen LogP contribution >= 0.6 is 0 Å². The number of carboxylic acid groups (broad SMARTS) is 1. The van der Waals surface area contributed by atoms with Gasteiger partial charge < -0.3 is 24.8 Å². The summed E-state index contributed by atoms with van der Waals surface area (Å²) in [5.74, 6) is -1.60. The third-order valence-electron chi connectivity index (χ3n) is 2.59. The highest BCUT2D eigenvalue weighted by atomic mass is 16.5. The Morgan fingerprint density at radius 1 is 1.53 bits per heavy atom. The van der Waals surface area contributed by atoms with Gasteiger partial charge in [0.1, 0.15) is 5.69 Å². The van der Waals surface area contributed by atoms with Gasteiger partial charge in [-0.25, -0.2) is 4.79 Å². The highest BCUT2D eigenvalue weighted by Gasteiger charge is 2.14. The molecule has 1 heterocycles. The van der Waals surface area contributed by atoms with Crippen molar-refractivity contribution < 1.29 is 24.5 Å². The molecule has 0 bridgehead atoms. The smallest absolute Gasteiger partial charge is 0.332 e. The second kappa shape index (κ2) is 7.55. The molecule has 0 radical (unpaired) electrons. The summed E-state index contributed by atoms with van der Waals surface area (Å²) in [7, 11) is 1.58. The van der Waals surface area contributed by atoms with Gasteiger partial charge in [0.2, 0.25) is 0 Å². The van der Waals surface area contributed by atoms with Crippen molar-refractivity contribution in [1.82, 2.24) is 9.88 Å². The molecule has 0 aromatic carbocycles. The molecular weight excluding hydrogens is 252 g/mol. The quantitative estimate of drug-likeness (QED) is 0.602. The van der Waals surface area contributed by atoms with Crippen molar-refractivity contribution in [1.29, 1.82) is 0 Å². The Balaban J connectivity index is 2.45. The van der Waals surface area contributed by atoms with E-state index in [0.717, 1.165) is 0 Å². The lowest BCUT2D eigenvalue weighted by atomic mass is 10.2. The van der Waals surface area contributed by atoms with E-state index in [1.54, 1.807) is 30.0 Å². The fourth-order valence-corrected chi connectivity index (χ4v) is 1.54. The maximum Gasteiger partial charge on any atom is 0.332 e. The second-order valence-electron chi connectivity index (χ2n) is 3.98. The molecule has 0 saturated heterocycles. The summed E-state index contributed by atoms with van der Waals surface area (Å²) in [4.78, 5) is 22.2. The van der Waals surface area contributed by atoms with Gasteiger partial charge in [-0.3, -0.25) is 4.79 Å². The normalized spacial score (nSPS) is 12.1. The van der Waals surface area contributed by atoms with Gasteiger partial charge in [-0.05, 0) is 12.1 Å². The number of nitrogens with one attached hydrogen (secondary N) is 1. The molecule has 3 N–H and O–H groups in total. The highest BCUT2D eigenvalue weighted by molar-refractivity contribution is 5.92. The molecule has 0 saturated carbocycles. The van der Waals surface area contributed by atoms with E-state index in [0.29, 0.717) is 18.8 Å². The Labute approximate surface area is 110 Å². The number of aliphatic hydroxyl groups is 1. The van der Waals surface area contributed by atoms with Crippen molar-refractivity contribution >= 4 is 11.9 Å². The zero-order valence-corrected chi connectivity index (χ0v) is 10.7. The molecule has 106 valence electrons. The minimum Gasteiger partial charge on any atom is -0.479 e. The zero-order chi connectivity index (χ0) is 14.3. The van der Waals surface area contributed by atoms with E-state index in [1.807, 2.05) is 0 Å². The van der Waals surface area contributed by atoms with Crippen molar-refractivity contribution in [3.63, 3.8) is 0 Å². The second-order valence-corrected chi connectivity index (χ2v) is 3.98. The van der Waals surface area contributed by atoms with Crippen LogP contribution in [0.25, 0.3) is 0 Å². The molecule has 1 atom stereocenters. The Kier molecular flexibility index (Phi) is 6.04. The predicted molar refractivity (Wildman–Crippen MR) is 66.9 cm³/mol. The standard InChI is InChI=1S/C12H18N2O5/c1-19-8-7-14-6-2-3-9(14)11(16)13-5-4-10(15)12(17)18/h2-3,6,10,15H,4-5,7-8H2,1H3,(H,13,16)(H,17,18)/t10-/m0/s1. The minimum atomic E-state index is -1.46. The van der Waals surface area contributed by atoms with E-state index in [2.05, 4.69) is 5.32 Å². The molecule has 1 aromatic rings. The Bertz CT molecular complexity index is 430. The molecule has 1 aromatic heterocycles. The molecule has 7 heteroatoms. The Hall–Kier alpha value is -1.86. The third kappa shape index (κ3) is 4.72. The lowest BCUT2D eigenvalue weighted by Crippen LogP contribution is -2.31. The van der Waals surface area contributed by atoms with Crippen LogP contribution in [0.3, 0.4) is 0 Å². The summed E-state index contributed by atoms with van der Waals surface area (Å²) in [6, 6.07) is 3.41. The predicted octanol–water partition coefficient (Wildman–Crippen LogP) is -0.300. The van der Waals surface area contributed by atoms with Crippen LogP contribution < -0.4 is 5.32 Å². The van der Waals surface area contributed by atoms with Crippen molar-refractivity contribution in [2.45, 2.75) is 19.1 Å². The number of aliphatic carboxylic acids is 1. The van der Waals surface area contributed by atoms with Crippen LogP contribution in [0.5, 0.6) is 0 Å². The number of rotatable bonds is 8. The summed E-state index contributed by atoms with van der Waals surface area (Å²) in [5.41, 5.74) is 0.474. The van der Waals surface area contributed by atoms with Gasteiger partial charge in [-0.15, -0.1) is 0 Å². The third-order valence-corrected chi connectivity index (χ3v) is 2.59. The molecule has 0 aliphatic rings. The van der Waals surface area contributed by atoms with Crippen LogP contribution in [0.1, 0.15) is 16.9 Å². The average molecular weight is 270 g/mol. The van der Waals surface area contributed by atoms with Gasteiger partial charge in [0.05, 0.1) is 6.61 Å². The van der Waals surface area contributed by atoms with Crippen LogP contribution in [0.4, 0.5) is 0 Å². The average Bonchev–Trinajstić information content (AvgIpc) is 2.84. The number of carbonyl (C=O) groups is 2. The summed E-state index contributed by atoms with van der Waals surface area (Å²) < 4.78 is 6.68. The fourth-order valence-electron chi connectivity index (χ4n) is 1.54. The maximum atomic E-state index is 11.8. The first-order valence-electron chi connectivity index (χ1n) is 5.89. The SMILES string of the molecule is COCCn1cccc1C(=O)NCC[C@H](O)C(=O)O. The van der Waals surface area contributed by atoms with Gasteiger partial charge in [0, 0.05) is 32.8 Å². The van der Waals surface area contributed by atoms with Crippen molar-refractivity contribution in [3.8, 4) is 0 Å². The van der Waals surface area contributed by atoms with Gasteiger partial charge >= 0.3 is 5.97 Å². The zero-order valence-electron chi connectivity index (χ0n) is 10.7. The van der Waals surface area contributed by atoms with Crippen LogP contribution in [0, 0.1) is 0 Å². The number of hydrogen-bond donors (Lipinski definition) is 3. The number of hydrogen-bond acceptors (Lipinski definition) is 4. The summed E-state index contributed by atoms with van der Waals surface area (Å²) >= 11 is 0. The molecule has 1 rings (SSSR count). The maximum absolute atomic E-state index is 11.8. The van der Waals surface area contributed by atoms with E-state index in [-0.39, 0.29) is 18.9 Å². The number of aromatic nitrogens is 1. The molecule has 0 aliphatic carbocycles. The number of aliphatic hydroxyl groups excluding tert-OH is 1. The van der Waals surface area contributed by atoms with Crippen molar-refractivity contribution in [2.24, 2.45) is 0 Å². The van der Waals surface area contributed by atoms with Gasteiger partial charge in [0.15, 0.2) is 6.10 Å². The largest absolute Gasteiger partial charge is 0.479 e. The van der Waals surface area contributed by atoms with Gasteiger partial charge in [0.25, 0.3) is 5.91 Å². The van der Waals surface area contributed by atoms with E-state index in [1.165, 1.54) is 0 Å². The first-order valence-corrected chi connectivity index (χ1v) is 5.89. The van der Waals surface area contributed by atoms with E-state index in [4.69, 9.17) is 14.9 Å². The molecule has 0 spiro atoms. The van der Waals surface area contributed by atoms with Gasteiger partial charge in [-0.2, -0.15) is 0 Å². The van der Waals surface area contributed by atoms with Crippen LogP contribution in [-0.4, -0.2) is 53.0 Å². The van der Waals surface area contributed by atoms with E-state index < -0.39 is 12.1 Å². The van der Waals surface area contributed by atoms with Crippen LogP contribution in [0.15, 0.2) is 18.3 Å². The number of ether oxygens (including phenoxy) is 1. The first-order chi connectivity index (χ1) is 9.06. The molecule has 0 fully saturated rings. The topological polar surface area (TPSA) is 101 Å². The highest BCUT2D eigenvalue weighted by Crippen LogP contribution is 2.02. The molecule has 19 heavy (non-hydrogen) atoms. The summed E-state index contributed by atoms with van der Waals surface area (Å²) in [5, 5.41) is 20.1. The number of nitrogens with zero attached hydrogens (tertiary/aromatic N) is 1. The molecule has 0 aliphatic heterocycles. The van der Waals surface area contributed by atoms with Crippen LogP contribution in [0.2, 0.25) is 0 Å². The number of carboxylic acids is 1. The van der Waals surface area contributed by atoms with Crippen molar-refractivity contribution in [3.05, 3.63) is 24.0 Å². The molecular formula is C12H18N2O5. The Morgan fingerprint density at radius 3 is 2.89 bits per heavy atom. The lowest BCUT2D eigenvalue weighted by molar-refractivity contribution is -0.146. The van der Waals surface area contributed by atoms with Gasteiger partial charge in [-0.1, -0.05) is 0 Å². The molecule has 7 nitrogen and oxygen atoms in total.